The van der Waals surface area contributed by atoms with E-state index in [2.05, 4.69) is 0 Å². The highest BCUT2D eigenvalue weighted by atomic mass is 32.2. The maximum atomic E-state index is 15.1. The van der Waals surface area contributed by atoms with Crippen molar-refractivity contribution in [3.05, 3.63) is 69.9 Å². The maximum Gasteiger partial charge on any atom is 0.514 e. The topological polar surface area (TPSA) is 160 Å². The average molecular weight is 547 g/mol. The molecule has 0 amide bonds. The lowest BCUT2D eigenvalue weighted by atomic mass is 9.93. The fourth-order valence-corrected chi connectivity index (χ4v) is 4.40. The zero-order chi connectivity index (χ0) is 28.2. The van der Waals surface area contributed by atoms with E-state index in [1.165, 1.54) is 0 Å². The quantitative estimate of drug-likeness (QED) is 0.163. The molecule has 1 N–H and O–H groups in total. The van der Waals surface area contributed by atoms with Gasteiger partial charge in [-0.15, -0.1) is 0 Å². The standard InChI is InChI=1S/C25H18F2O10S/c1-25(2,3)37-24(31)36-20-10-19-14(8-16(20)27)22(13-7-15(26)17(28)9-18(13)35-19)12-5-4-11(23(29)30)6-21(12)38(32,33)34/h4-10H,1-3H3,(H,29,30)(H,32,33,34)/p-1. The van der Waals surface area contributed by atoms with Gasteiger partial charge in [0.05, 0.1) is 10.5 Å². The number of fused-ring (bicyclic) bond motifs is 2. The van der Waals surface area contributed by atoms with Gasteiger partial charge in [-0.3, -0.25) is 4.79 Å². The molecule has 0 spiro atoms. The Morgan fingerprint density at radius 2 is 1.68 bits per heavy atom. The summed E-state index contributed by atoms with van der Waals surface area (Å²) < 4.78 is 81.3. The van der Waals surface area contributed by atoms with Crippen molar-refractivity contribution in [3.8, 4) is 28.2 Å². The number of aromatic carboxylic acids is 1. The summed E-state index contributed by atoms with van der Waals surface area (Å²) in [4.78, 5) is 34.4. The molecular weight excluding hydrogens is 530 g/mol. The van der Waals surface area contributed by atoms with Crippen LogP contribution in [0, 0.1) is 11.6 Å². The summed E-state index contributed by atoms with van der Waals surface area (Å²) >= 11 is 0. The minimum absolute atomic E-state index is 0.211. The number of carbonyl (C=O) groups excluding carboxylic acids is 1. The van der Waals surface area contributed by atoms with Gasteiger partial charge in [-0.1, -0.05) is 6.07 Å². The fraction of sp³-hybridized carbons (Fsp3) is 0.160. The van der Waals surface area contributed by atoms with E-state index in [-0.39, 0.29) is 27.9 Å². The van der Waals surface area contributed by atoms with Crippen LogP contribution in [0.1, 0.15) is 31.1 Å². The van der Waals surface area contributed by atoms with Crippen molar-refractivity contribution in [2.75, 3.05) is 0 Å². The third-order valence-electron chi connectivity index (χ3n) is 5.18. The summed E-state index contributed by atoms with van der Waals surface area (Å²) in [7, 11) is -5.32. The Balaban J connectivity index is 2.08. The van der Waals surface area contributed by atoms with Gasteiger partial charge in [-0.05, 0) is 45.0 Å². The van der Waals surface area contributed by atoms with Crippen molar-refractivity contribution in [2.45, 2.75) is 31.3 Å². The van der Waals surface area contributed by atoms with Crippen molar-refractivity contribution < 1.29 is 50.3 Å². The minimum atomic E-state index is -5.32. The predicted octanol–water partition coefficient (Wildman–Crippen LogP) is 4.76. The average Bonchev–Trinajstić information content (AvgIpc) is 2.77. The summed E-state index contributed by atoms with van der Waals surface area (Å²) in [6.45, 7) is 4.65. The van der Waals surface area contributed by atoms with Gasteiger partial charge in [0.1, 0.15) is 27.1 Å². The second-order valence-corrected chi connectivity index (χ2v) is 10.4. The monoisotopic (exact) mass is 547 g/mol. The van der Waals surface area contributed by atoms with Gasteiger partial charge in [0.25, 0.3) is 0 Å². The number of ether oxygens (including phenoxy) is 2. The molecule has 1 aliphatic carbocycles. The summed E-state index contributed by atoms with van der Waals surface area (Å²) in [5.74, 6) is -4.87. The molecule has 2 aromatic carbocycles. The van der Waals surface area contributed by atoms with Crippen molar-refractivity contribution in [3.63, 3.8) is 0 Å². The van der Waals surface area contributed by atoms with E-state index >= 15 is 4.39 Å². The molecule has 0 atom stereocenters. The van der Waals surface area contributed by atoms with Crippen LogP contribution in [-0.2, 0) is 14.9 Å². The van der Waals surface area contributed by atoms with Crippen LogP contribution in [0.15, 0.2) is 56.6 Å². The Kier molecular flexibility index (Phi) is 6.45. The van der Waals surface area contributed by atoms with Crippen LogP contribution in [0.4, 0.5) is 13.6 Å². The van der Waals surface area contributed by atoms with Gasteiger partial charge in [0, 0.05) is 34.2 Å². The molecule has 0 saturated carbocycles. The number of benzene rings is 3. The fourth-order valence-electron chi connectivity index (χ4n) is 3.69. The van der Waals surface area contributed by atoms with Gasteiger partial charge in [0.2, 0.25) is 5.43 Å². The number of hydrogen-bond donors (Lipinski definition) is 1. The minimum Gasteiger partial charge on any atom is -0.744 e. The second-order valence-electron chi connectivity index (χ2n) is 9.07. The zero-order valence-electron chi connectivity index (χ0n) is 19.8. The van der Waals surface area contributed by atoms with Gasteiger partial charge < -0.3 is 23.6 Å². The highest BCUT2D eigenvalue weighted by molar-refractivity contribution is 7.85. The molecule has 1 heterocycles. The molecule has 198 valence electrons. The van der Waals surface area contributed by atoms with Crippen LogP contribution in [0.5, 0.6) is 5.75 Å². The molecule has 10 nitrogen and oxygen atoms in total. The molecule has 0 bridgehead atoms. The van der Waals surface area contributed by atoms with Crippen LogP contribution in [0.2, 0.25) is 0 Å². The number of halogens is 2. The zero-order valence-corrected chi connectivity index (χ0v) is 20.6. The van der Waals surface area contributed by atoms with Gasteiger partial charge >= 0.3 is 12.1 Å². The first-order chi connectivity index (χ1) is 17.5. The predicted molar refractivity (Wildman–Crippen MR) is 126 cm³/mol. The van der Waals surface area contributed by atoms with Gasteiger partial charge in [0.15, 0.2) is 17.4 Å². The summed E-state index contributed by atoms with van der Waals surface area (Å²) in [6, 6.07) is 5.74. The van der Waals surface area contributed by atoms with Gasteiger partial charge in [-0.25, -0.2) is 26.8 Å². The summed E-state index contributed by atoms with van der Waals surface area (Å²) in [5.41, 5.74) is -3.72. The van der Waals surface area contributed by atoms with Crippen molar-refractivity contribution in [1.82, 2.24) is 0 Å². The Morgan fingerprint density at radius 3 is 2.29 bits per heavy atom. The van der Waals surface area contributed by atoms with E-state index in [0.29, 0.717) is 12.1 Å². The number of carboxylic acid groups (broad SMARTS) is 1. The van der Waals surface area contributed by atoms with E-state index < -0.39 is 66.7 Å². The van der Waals surface area contributed by atoms with Crippen molar-refractivity contribution in [1.29, 1.82) is 0 Å². The lowest BCUT2D eigenvalue weighted by Gasteiger charge is -2.20. The maximum absolute atomic E-state index is 15.1. The van der Waals surface area contributed by atoms with Crippen LogP contribution < -0.4 is 10.2 Å². The first-order valence-corrected chi connectivity index (χ1v) is 12.1. The molecule has 0 saturated heterocycles. The first kappa shape index (κ1) is 26.7. The second kappa shape index (κ2) is 9.19. The normalized spacial score (nSPS) is 12.1. The van der Waals surface area contributed by atoms with Crippen LogP contribution in [0.25, 0.3) is 33.4 Å². The Labute approximate surface area is 213 Å². The lowest BCUT2D eigenvalue weighted by molar-refractivity contribution is 0.0198. The Bertz CT molecular complexity index is 1770. The van der Waals surface area contributed by atoms with Crippen LogP contribution in [0.3, 0.4) is 0 Å². The molecule has 4 rings (SSSR count). The van der Waals surface area contributed by atoms with Crippen molar-refractivity contribution >= 4 is 33.2 Å². The molecule has 0 radical (unpaired) electrons. The number of rotatable bonds is 4. The van der Waals surface area contributed by atoms with E-state index in [4.69, 9.17) is 13.9 Å². The molecule has 13 heteroatoms. The van der Waals surface area contributed by atoms with E-state index in [0.717, 1.165) is 30.3 Å². The summed E-state index contributed by atoms with van der Waals surface area (Å²) in [6.07, 6.45) is -1.25. The van der Waals surface area contributed by atoms with Crippen molar-refractivity contribution in [2.24, 2.45) is 0 Å². The SMILES string of the molecule is CC(C)(C)OC(=O)Oc1cc2oc3cc(=O)c(F)cc-3c(-c3ccc(C(=O)O)cc3S(=O)(=O)[O-])c2cc1F. The van der Waals surface area contributed by atoms with Crippen LogP contribution in [-0.4, -0.2) is 35.8 Å². The first-order valence-electron chi connectivity index (χ1n) is 10.7. The molecule has 1 aliphatic heterocycles. The molecule has 2 aromatic rings. The number of carbonyl (C=O) groups is 2. The Hall–Kier alpha value is -4.36. The third-order valence-corrected chi connectivity index (χ3v) is 6.05. The third kappa shape index (κ3) is 5.19. The molecule has 0 aromatic heterocycles. The van der Waals surface area contributed by atoms with Crippen LogP contribution >= 0.6 is 0 Å². The molecule has 2 aliphatic rings. The number of hydrogen-bond acceptors (Lipinski definition) is 9. The highest BCUT2D eigenvalue weighted by Crippen LogP contribution is 2.44. The largest absolute Gasteiger partial charge is 0.744 e. The molecule has 0 unspecified atom stereocenters. The lowest BCUT2D eigenvalue weighted by Crippen LogP contribution is -2.26. The number of carboxylic acids is 1. The summed E-state index contributed by atoms with van der Waals surface area (Å²) in [5, 5.41) is 9.05. The van der Waals surface area contributed by atoms with E-state index in [9.17, 15) is 36.9 Å². The smallest absolute Gasteiger partial charge is 0.514 e. The van der Waals surface area contributed by atoms with Gasteiger partial charge in [-0.2, -0.15) is 0 Å². The highest BCUT2D eigenvalue weighted by Gasteiger charge is 2.26. The Morgan fingerprint density at radius 1 is 1.00 bits per heavy atom. The van der Waals surface area contributed by atoms with E-state index in [1.807, 2.05) is 0 Å². The molecule has 38 heavy (non-hydrogen) atoms. The molecular formula is C25H17F2O10S-. The van der Waals surface area contributed by atoms with E-state index in [1.54, 1.807) is 20.8 Å². The molecule has 0 fully saturated rings.